The van der Waals surface area contributed by atoms with Gasteiger partial charge in [-0.2, -0.15) is 0 Å². The predicted molar refractivity (Wildman–Crippen MR) is 168 cm³/mol. The van der Waals surface area contributed by atoms with Gasteiger partial charge >= 0.3 is 0 Å². The van der Waals surface area contributed by atoms with Crippen LogP contribution in [0.25, 0.3) is 0 Å². The predicted octanol–water partition coefficient (Wildman–Crippen LogP) is 8.13. The number of carbonyl (C=O) groups excluding carboxylic acids is 2. The molecule has 0 radical (unpaired) electrons. The highest BCUT2D eigenvalue weighted by Crippen LogP contribution is 2.33. The number of hydrogen-bond donors (Lipinski definition) is 0. The fraction of sp³-hybridized carbons (Fsp3) is 0.778. The Hall–Kier alpha value is -2.24. The second-order valence-corrected chi connectivity index (χ2v) is 13.7. The van der Waals surface area contributed by atoms with Gasteiger partial charge in [0.25, 0.3) is 11.8 Å². The van der Waals surface area contributed by atoms with E-state index < -0.39 is 0 Å². The number of aryl methyl sites for hydroxylation is 1. The first-order chi connectivity index (χ1) is 20.6. The summed E-state index contributed by atoms with van der Waals surface area (Å²) in [5.41, 5.74) is 1.05. The van der Waals surface area contributed by atoms with Crippen molar-refractivity contribution in [3.63, 3.8) is 0 Å². The second-order valence-electron chi connectivity index (χ2n) is 13.7. The van der Waals surface area contributed by atoms with E-state index in [0.29, 0.717) is 35.7 Å². The van der Waals surface area contributed by atoms with Crippen LogP contribution < -0.4 is 9.47 Å². The van der Waals surface area contributed by atoms with Crippen LogP contribution in [0.3, 0.4) is 0 Å². The van der Waals surface area contributed by atoms with Gasteiger partial charge in [-0.05, 0) is 76.0 Å². The topological polar surface area (TPSA) is 59.1 Å². The molecule has 0 unspecified atom stereocenters. The number of hydrogen-bond acceptors (Lipinski definition) is 4. The van der Waals surface area contributed by atoms with E-state index in [2.05, 4.69) is 9.80 Å². The molecular weight excluding hydrogens is 524 g/mol. The van der Waals surface area contributed by atoms with Gasteiger partial charge in [0.2, 0.25) is 0 Å². The van der Waals surface area contributed by atoms with Gasteiger partial charge in [-0.1, -0.05) is 89.5 Å². The lowest BCUT2D eigenvalue weighted by molar-refractivity contribution is -0.141. The minimum absolute atomic E-state index is 0.0244. The Morgan fingerprint density at radius 1 is 0.548 bits per heavy atom. The van der Waals surface area contributed by atoms with Crippen LogP contribution in [-0.2, 0) is 9.59 Å². The highest BCUT2D eigenvalue weighted by Gasteiger charge is 2.34. The van der Waals surface area contributed by atoms with E-state index in [9.17, 15) is 9.59 Å². The van der Waals surface area contributed by atoms with Gasteiger partial charge in [0.15, 0.2) is 24.7 Å². The Morgan fingerprint density at radius 3 is 1.26 bits per heavy atom. The Labute approximate surface area is 254 Å². The number of amides is 2. The molecule has 0 aliphatic heterocycles. The first-order valence-corrected chi connectivity index (χ1v) is 17.6. The fourth-order valence-corrected chi connectivity index (χ4v) is 8.30. The average Bonchev–Trinajstić information content (AvgIpc) is 3.31. The highest BCUT2D eigenvalue weighted by molar-refractivity contribution is 5.79. The maximum atomic E-state index is 13.8. The van der Waals surface area contributed by atoms with Crippen molar-refractivity contribution in [2.24, 2.45) is 0 Å². The van der Waals surface area contributed by atoms with E-state index in [0.717, 1.165) is 56.9 Å². The molecule has 6 nitrogen and oxygen atoms in total. The van der Waals surface area contributed by atoms with Gasteiger partial charge in [0.1, 0.15) is 0 Å². The molecule has 4 saturated carbocycles. The molecule has 0 saturated heterocycles. The standard InChI is InChI=1S/C36H56N2O4/c1-28-23-24-33(41-26-35(39)37(30-17-9-4-10-18-30)29-15-7-2-3-8-16-29)34(25-28)42-27-36(40)38(31-19-11-5-12-20-31)32-21-13-6-14-22-32/h23-25,29-32H,2-22,26-27H2,1H3. The lowest BCUT2D eigenvalue weighted by Gasteiger charge is -2.41. The number of nitrogens with zero attached hydrogens (tertiary/aromatic N) is 2. The molecule has 2 amide bonds. The van der Waals surface area contributed by atoms with Crippen molar-refractivity contribution in [3.05, 3.63) is 23.8 Å². The third-order valence-corrected chi connectivity index (χ3v) is 10.5. The summed E-state index contributed by atoms with van der Waals surface area (Å²) in [6.45, 7) is 2.07. The van der Waals surface area contributed by atoms with Crippen LogP contribution in [0.4, 0.5) is 0 Å². The summed E-state index contributed by atoms with van der Waals surface area (Å²) in [7, 11) is 0. The Morgan fingerprint density at radius 2 is 0.881 bits per heavy atom. The molecule has 0 spiro atoms. The van der Waals surface area contributed by atoms with Gasteiger partial charge in [0, 0.05) is 24.2 Å². The summed E-state index contributed by atoms with van der Waals surface area (Å²) in [5.74, 6) is 1.35. The largest absolute Gasteiger partial charge is 0.480 e. The van der Waals surface area contributed by atoms with Crippen LogP contribution in [0.1, 0.15) is 140 Å². The van der Waals surface area contributed by atoms with E-state index >= 15 is 0 Å². The van der Waals surface area contributed by atoms with E-state index in [1.54, 1.807) is 0 Å². The van der Waals surface area contributed by atoms with Crippen LogP contribution in [0, 0.1) is 6.92 Å². The molecule has 0 atom stereocenters. The zero-order valence-electron chi connectivity index (χ0n) is 26.3. The summed E-state index contributed by atoms with van der Waals surface area (Å²) in [6, 6.07) is 7.22. The third-order valence-electron chi connectivity index (χ3n) is 10.5. The maximum Gasteiger partial charge on any atom is 0.261 e. The molecule has 0 N–H and O–H groups in total. The van der Waals surface area contributed by atoms with Gasteiger partial charge < -0.3 is 19.3 Å². The summed E-state index contributed by atoms with van der Waals surface area (Å²) >= 11 is 0. The summed E-state index contributed by atoms with van der Waals surface area (Å²) < 4.78 is 12.5. The van der Waals surface area contributed by atoms with Gasteiger partial charge in [0.05, 0.1) is 0 Å². The monoisotopic (exact) mass is 580 g/mol. The molecule has 42 heavy (non-hydrogen) atoms. The van der Waals surface area contributed by atoms with Crippen molar-refractivity contribution in [2.45, 2.75) is 166 Å². The molecule has 1 aromatic carbocycles. The van der Waals surface area contributed by atoms with Crippen molar-refractivity contribution in [2.75, 3.05) is 13.2 Å². The summed E-state index contributed by atoms with van der Waals surface area (Å²) in [4.78, 5) is 32.0. The van der Waals surface area contributed by atoms with Crippen LogP contribution in [0.5, 0.6) is 11.5 Å². The molecule has 0 aromatic heterocycles. The third kappa shape index (κ3) is 8.44. The maximum absolute atomic E-state index is 13.8. The first-order valence-electron chi connectivity index (χ1n) is 17.6. The Balaban J connectivity index is 1.24. The summed E-state index contributed by atoms with van der Waals surface area (Å²) in [5, 5.41) is 0. The second kappa shape index (κ2) is 16.0. The SMILES string of the molecule is Cc1ccc(OCC(=O)N(C2CCCCCC2)C2CCCCC2)c(OCC(=O)N(C2CCCCC2)C2CCCCC2)c1. The van der Waals surface area contributed by atoms with Crippen molar-refractivity contribution in [1.29, 1.82) is 0 Å². The highest BCUT2D eigenvalue weighted by atomic mass is 16.5. The number of benzene rings is 1. The van der Waals surface area contributed by atoms with E-state index in [-0.39, 0.29) is 25.0 Å². The molecule has 1 aromatic rings. The first kappa shape index (κ1) is 31.2. The average molecular weight is 581 g/mol. The Kier molecular flexibility index (Phi) is 11.9. The van der Waals surface area contributed by atoms with E-state index in [1.807, 2.05) is 25.1 Å². The lowest BCUT2D eigenvalue weighted by Crippen LogP contribution is -2.50. The van der Waals surface area contributed by atoms with Crippen LogP contribution in [0.15, 0.2) is 18.2 Å². The number of rotatable bonds is 10. The van der Waals surface area contributed by atoms with E-state index in [1.165, 1.54) is 83.5 Å². The van der Waals surface area contributed by atoms with Crippen molar-refractivity contribution < 1.29 is 19.1 Å². The molecule has 0 heterocycles. The minimum atomic E-state index is 0.0244. The molecule has 4 fully saturated rings. The quantitative estimate of drug-likeness (QED) is 0.262. The molecular formula is C36H56N2O4. The van der Waals surface area contributed by atoms with Gasteiger partial charge in [-0.15, -0.1) is 0 Å². The summed E-state index contributed by atoms with van der Waals surface area (Å²) in [6.07, 6.45) is 25.0. The molecule has 4 aliphatic carbocycles. The zero-order valence-corrected chi connectivity index (χ0v) is 26.3. The van der Waals surface area contributed by atoms with E-state index in [4.69, 9.17) is 9.47 Å². The minimum Gasteiger partial charge on any atom is -0.480 e. The van der Waals surface area contributed by atoms with Crippen LogP contribution in [0.2, 0.25) is 0 Å². The molecule has 6 heteroatoms. The van der Waals surface area contributed by atoms with Gasteiger partial charge in [-0.25, -0.2) is 0 Å². The van der Waals surface area contributed by atoms with Crippen LogP contribution in [-0.4, -0.2) is 59.0 Å². The van der Waals surface area contributed by atoms with Crippen LogP contribution >= 0.6 is 0 Å². The van der Waals surface area contributed by atoms with Gasteiger partial charge in [-0.3, -0.25) is 9.59 Å². The molecule has 0 bridgehead atoms. The molecule has 5 rings (SSSR count). The van der Waals surface area contributed by atoms with Crippen molar-refractivity contribution >= 4 is 11.8 Å². The Bertz CT molecular complexity index is 968. The zero-order chi connectivity index (χ0) is 29.1. The molecule has 4 aliphatic rings. The fourth-order valence-electron chi connectivity index (χ4n) is 8.30. The normalized spacial score (nSPS) is 21.8. The molecule has 234 valence electrons. The van der Waals surface area contributed by atoms with Crippen molar-refractivity contribution in [3.8, 4) is 11.5 Å². The van der Waals surface area contributed by atoms with Crippen molar-refractivity contribution in [1.82, 2.24) is 9.80 Å². The smallest absolute Gasteiger partial charge is 0.261 e. The number of ether oxygens (including phenoxy) is 2. The lowest BCUT2D eigenvalue weighted by atomic mass is 9.88. The number of carbonyl (C=O) groups is 2.